The second-order valence-electron chi connectivity index (χ2n) is 13.8. The molecule has 3 heterocycles. The number of piperidine rings is 1. The van der Waals surface area contributed by atoms with Crippen molar-refractivity contribution in [2.45, 2.75) is 87.5 Å². The number of phenolic OH excluding ortho intramolecular Hbond substituents is 1. The van der Waals surface area contributed by atoms with E-state index in [1.807, 2.05) is 6.07 Å². The fraction of sp³-hybridized carbons (Fsp3) is 0.656. The first-order valence-corrected chi connectivity index (χ1v) is 15.6. The zero-order chi connectivity index (χ0) is 28.9. The van der Waals surface area contributed by atoms with E-state index in [2.05, 4.69) is 31.6 Å². The van der Waals surface area contributed by atoms with E-state index in [-0.39, 0.29) is 40.4 Å². The molecule has 4 N–H and O–H groups in total. The summed E-state index contributed by atoms with van der Waals surface area (Å²) >= 11 is 0. The van der Waals surface area contributed by atoms with Crippen molar-refractivity contribution in [1.29, 1.82) is 0 Å². The van der Waals surface area contributed by atoms with Gasteiger partial charge in [0.2, 0.25) is 11.8 Å². The van der Waals surface area contributed by atoms with Crippen LogP contribution in [-0.4, -0.2) is 82.3 Å². The highest BCUT2D eigenvalue weighted by atomic mass is 16.6. The maximum absolute atomic E-state index is 13.6. The third-order valence-electron chi connectivity index (χ3n) is 12.0. The third kappa shape index (κ3) is 3.48. The van der Waals surface area contributed by atoms with E-state index < -0.39 is 11.6 Å². The summed E-state index contributed by atoms with van der Waals surface area (Å²) in [6.45, 7) is 4.07. The van der Waals surface area contributed by atoms with Crippen LogP contribution in [0, 0.1) is 17.3 Å². The SMILES string of the molecule is CO[C@]12CC[C@@]3(C[C@@H]1CNC(=O)C(Cc1c[nH]cn1)NC(C)=O)[C@H]1Cc4ccc(O)c5c4[C@@]3(CCN1CC1CC1)[C@H]2O5. The molecule has 0 radical (unpaired) electrons. The van der Waals surface area contributed by atoms with Gasteiger partial charge in [-0.1, -0.05) is 6.07 Å². The number of rotatable bonds is 9. The monoisotopic (exact) mass is 575 g/mol. The van der Waals surface area contributed by atoms with Gasteiger partial charge >= 0.3 is 0 Å². The Morgan fingerprint density at radius 1 is 1.29 bits per heavy atom. The van der Waals surface area contributed by atoms with Crippen molar-refractivity contribution >= 4 is 11.8 Å². The minimum absolute atomic E-state index is 0.0153. The van der Waals surface area contributed by atoms with Gasteiger partial charge in [0, 0.05) is 68.1 Å². The zero-order valence-corrected chi connectivity index (χ0v) is 24.4. The molecule has 2 amide bonds. The van der Waals surface area contributed by atoms with Gasteiger partial charge in [-0.25, -0.2) is 4.98 Å². The van der Waals surface area contributed by atoms with Gasteiger partial charge in [0.25, 0.3) is 0 Å². The molecule has 4 bridgehead atoms. The van der Waals surface area contributed by atoms with Crippen LogP contribution in [0.4, 0.5) is 0 Å². The van der Waals surface area contributed by atoms with Crippen molar-refractivity contribution in [2.24, 2.45) is 17.3 Å². The van der Waals surface area contributed by atoms with E-state index >= 15 is 0 Å². The molecule has 1 unspecified atom stereocenters. The molecule has 42 heavy (non-hydrogen) atoms. The number of nitrogens with zero attached hydrogens (tertiary/aromatic N) is 2. The average molecular weight is 576 g/mol. The molecule has 2 aromatic rings. The van der Waals surface area contributed by atoms with Gasteiger partial charge in [-0.3, -0.25) is 14.5 Å². The number of hydrogen-bond acceptors (Lipinski definition) is 7. The van der Waals surface area contributed by atoms with E-state index in [9.17, 15) is 14.7 Å². The van der Waals surface area contributed by atoms with Crippen molar-refractivity contribution in [3.05, 3.63) is 41.5 Å². The van der Waals surface area contributed by atoms with Crippen LogP contribution in [-0.2, 0) is 32.6 Å². The Balaban J connectivity index is 1.14. The number of hydrogen-bond donors (Lipinski definition) is 4. The Morgan fingerprint density at radius 2 is 2.14 bits per heavy atom. The number of carbonyl (C=O) groups excluding carboxylic acids is 2. The quantitative estimate of drug-likeness (QED) is 0.361. The summed E-state index contributed by atoms with van der Waals surface area (Å²) in [5.41, 5.74) is 2.47. The van der Waals surface area contributed by atoms with Crippen LogP contribution in [0.2, 0.25) is 0 Å². The largest absolute Gasteiger partial charge is 0.504 e. The van der Waals surface area contributed by atoms with Gasteiger partial charge < -0.3 is 30.2 Å². The molecule has 1 saturated heterocycles. The molecule has 2 aliphatic heterocycles. The van der Waals surface area contributed by atoms with Crippen LogP contribution in [0.1, 0.15) is 62.3 Å². The van der Waals surface area contributed by atoms with Gasteiger partial charge in [-0.15, -0.1) is 0 Å². The lowest BCUT2D eigenvalue weighted by Crippen LogP contribution is -2.81. The van der Waals surface area contributed by atoms with Crippen molar-refractivity contribution in [1.82, 2.24) is 25.5 Å². The number of phenols is 1. The Hall–Kier alpha value is -3.11. The number of ether oxygens (including phenoxy) is 2. The lowest BCUT2D eigenvalue weighted by molar-refractivity contribution is -0.276. The van der Waals surface area contributed by atoms with Crippen molar-refractivity contribution in [2.75, 3.05) is 26.7 Å². The second kappa shape index (κ2) is 9.19. The second-order valence-corrected chi connectivity index (χ2v) is 13.8. The number of aromatic nitrogens is 2. The number of likely N-dealkylation sites (tertiary alicyclic amines) is 1. The van der Waals surface area contributed by atoms with Gasteiger partial charge in [0.15, 0.2) is 11.5 Å². The molecule has 1 aromatic heterocycles. The first kappa shape index (κ1) is 26.5. The van der Waals surface area contributed by atoms with Gasteiger partial charge in [0.1, 0.15) is 17.7 Å². The minimum Gasteiger partial charge on any atom is -0.504 e. The molecule has 7 atom stereocenters. The maximum atomic E-state index is 13.6. The summed E-state index contributed by atoms with van der Waals surface area (Å²) in [6, 6.07) is 3.62. The molecule has 1 aromatic carbocycles. The fourth-order valence-electron chi connectivity index (χ4n) is 10.2. The summed E-state index contributed by atoms with van der Waals surface area (Å²) < 4.78 is 13.4. The lowest BCUT2D eigenvalue weighted by Gasteiger charge is -2.74. The molecule has 9 rings (SSSR count). The number of aromatic amines is 1. The Kier molecular flexibility index (Phi) is 5.80. The highest BCUT2D eigenvalue weighted by molar-refractivity contribution is 5.87. The van der Waals surface area contributed by atoms with Crippen molar-refractivity contribution < 1.29 is 24.2 Å². The third-order valence-corrected chi connectivity index (χ3v) is 12.0. The number of fused-ring (bicyclic) bond motifs is 2. The number of carbonyl (C=O) groups is 2. The fourth-order valence-corrected chi connectivity index (χ4v) is 10.2. The first-order chi connectivity index (χ1) is 20.3. The highest BCUT2D eigenvalue weighted by Gasteiger charge is 2.80. The average Bonchev–Trinajstić information content (AvgIpc) is 3.49. The maximum Gasteiger partial charge on any atom is 0.242 e. The molecule has 4 saturated carbocycles. The van der Waals surface area contributed by atoms with Crippen molar-refractivity contribution in [3.8, 4) is 11.5 Å². The van der Waals surface area contributed by atoms with Gasteiger partial charge in [-0.2, -0.15) is 0 Å². The van der Waals surface area contributed by atoms with Crippen LogP contribution in [0.5, 0.6) is 11.5 Å². The smallest absolute Gasteiger partial charge is 0.242 e. The number of methoxy groups -OCH3 is 1. The number of H-pyrrole nitrogens is 1. The number of benzene rings is 1. The number of aromatic hydroxyl groups is 1. The molecule has 2 spiro atoms. The molecule has 7 aliphatic rings. The van der Waals surface area contributed by atoms with Crippen LogP contribution in [0.15, 0.2) is 24.7 Å². The van der Waals surface area contributed by atoms with E-state index in [4.69, 9.17) is 9.47 Å². The summed E-state index contributed by atoms with van der Waals surface area (Å²) in [5.74, 6) is 1.25. The topological polar surface area (TPSA) is 129 Å². The number of amides is 2. The minimum atomic E-state index is -0.718. The number of imidazole rings is 1. The van der Waals surface area contributed by atoms with Gasteiger partial charge in [0.05, 0.1) is 12.0 Å². The Bertz CT molecular complexity index is 1430. The zero-order valence-electron chi connectivity index (χ0n) is 24.4. The van der Waals surface area contributed by atoms with Gasteiger partial charge in [-0.05, 0) is 69.0 Å². The molecular formula is C32H41N5O5. The standard InChI is InChI=1S/C32H41N5O5/c1-18(38)36-23(12-22-15-33-17-35-22)28(40)34-14-21-13-30-7-8-32(21,41-2)29-31(30)9-10-37(16-19-3-4-19)25(30)11-20-5-6-24(39)27(42-29)26(20)31/h5-6,15,17,19,21,23,25,29,39H,3-4,7-14,16H2,1-2H3,(H,33,35)(H,34,40)(H,36,38)/t21-,23?,25-,29-,30-,31+,32-/m1/s1. The van der Waals surface area contributed by atoms with E-state index in [1.165, 1.54) is 30.9 Å². The molecule has 10 nitrogen and oxygen atoms in total. The van der Waals surface area contributed by atoms with Crippen LogP contribution >= 0.6 is 0 Å². The van der Waals surface area contributed by atoms with Crippen LogP contribution in [0.3, 0.4) is 0 Å². The molecular weight excluding hydrogens is 534 g/mol. The summed E-state index contributed by atoms with van der Waals surface area (Å²) in [4.78, 5) is 35.5. The van der Waals surface area contributed by atoms with Crippen LogP contribution in [0.25, 0.3) is 0 Å². The molecule has 5 aliphatic carbocycles. The van der Waals surface area contributed by atoms with Crippen LogP contribution < -0.4 is 15.4 Å². The van der Waals surface area contributed by atoms with E-state index in [0.717, 1.165) is 51.1 Å². The Labute approximate surface area is 245 Å². The predicted molar refractivity (Wildman–Crippen MR) is 153 cm³/mol. The number of nitrogens with one attached hydrogen (secondary N) is 3. The molecule has 224 valence electrons. The van der Waals surface area contributed by atoms with Crippen molar-refractivity contribution in [3.63, 3.8) is 0 Å². The summed E-state index contributed by atoms with van der Waals surface area (Å²) in [5, 5.41) is 17.1. The first-order valence-electron chi connectivity index (χ1n) is 15.6. The lowest BCUT2D eigenvalue weighted by atomic mass is 9.35. The highest BCUT2D eigenvalue weighted by Crippen LogP contribution is 2.76. The summed E-state index contributed by atoms with van der Waals surface area (Å²) in [7, 11) is 1.79. The normalized spacial score (nSPS) is 36.2. The molecule has 5 fully saturated rings. The van der Waals surface area contributed by atoms with E-state index in [0.29, 0.717) is 30.5 Å². The molecule has 10 heteroatoms. The predicted octanol–water partition coefficient (Wildman–Crippen LogP) is 2.20. The van der Waals surface area contributed by atoms with E-state index in [1.54, 1.807) is 19.6 Å². The summed E-state index contributed by atoms with van der Waals surface area (Å²) in [6.07, 6.45) is 10.9. The Morgan fingerprint density at radius 3 is 2.88 bits per heavy atom.